The number of hydrogen-bond donors (Lipinski definition) is 1. The van der Waals surface area contributed by atoms with Crippen molar-refractivity contribution in [2.24, 2.45) is 0 Å². The Morgan fingerprint density at radius 2 is 1.80 bits per heavy atom. The summed E-state index contributed by atoms with van der Waals surface area (Å²) in [7, 11) is 0. The van der Waals surface area contributed by atoms with Crippen molar-refractivity contribution in [2.75, 3.05) is 0 Å². The maximum absolute atomic E-state index is 9.00. The van der Waals surface area contributed by atoms with E-state index in [-0.39, 0.29) is 18.9 Å². The van der Waals surface area contributed by atoms with Gasteiger partial charge in [-0.05, 0) is 0 Å². The monoisotopic (exact) mass is 67.0 g/mol. The van der Waals surface area contributed by atoms with E-state index in [9.17, 15) is 0 Å². The van der Waals surface area contributed by atoms with Gasteiger partial charge < -0.3 is 5.11 Å². The molecule has 0 aromatic carbocycles. The Kier molecular flexibility index (Phi) is 7.25. The van der Waals surface area contributed by atoms with Crippen LogP contribution in [0.3, 0.4) is 0 Å². The smallest absolute Gasteiger partial charge is 0.481 e. The van der Waals surface area contributed by atoms with Crippen LogP contribution in [-0.4, -0.2) is 11.1 Å². The Balaban J connectivity index is 0. The molecule has 0 aliphatic heterocycles. The van der Waals surface area contributed by atoms with E-state index >= 15 is 0 Å². The number of carboxylic acid groups (broad SMARTS) is 1. The van der Waals surface area contributed by atoms with Gasteiger partial charge in [0.25, 0.3) is 5.97 Å². The minimum absolute atomic E-state index is 0. The van der Waals surface area contributed by atoms with Crippen LogP contribution in [0.4, 0.5) is 0 Å². The fourth-order valence-electron chi connectivity index (χ4n) is 0. The molecule has 0 aliphatic carbocycles. The fourth-order valence-corrected chi connectivity index (χ4v) is 0. The molecule has 0 rings (SSSR count). The zero-order chi connectivity index (χ0) is 3.58. The SMILES string of the molecule is CC(=O)O.[Li+]. The summed E-state index contributed by atoms with van der Waals surface area (Å²) in [5, 5.41) is 7.42. The van der Waals surface area contributed by atoms with E-state index in [1.165, 1.54) is 0 Å². The number of hydrogen-bond acceptors (Lipinski definition) is 1. The Bertz CT molecular complexity index is 30.6. The summed E-state index contributed by atoms with van der Waals surface area (Å²) in [6, 6.07) is 0. The number of carboxylic acids is 1. The van der Waals surface area contributed by atoms with Gasteiger partial charge in [0.2, 0.25) is 0 Å². The van der Waals surface area contributed by atoms with E-state index in [2.05, 4.69) is 0 Å². The van der Waals surface area contributed by atoms with Crippen LogP contribution in [0.25, 0.3) is 0 Å². The molecule has 0 spiro atoms. The van der Waals surface area contributed by atoms with Gasteiger partial charge in [0.1, 0.15) is 0 Å². The molecule has 0 amide bonds. The maximum atomic E-state index is 9.00. The van der Waals surface area contributed by atoms with Crippen molar-refractivity contribution in [3.8, 4) is 0 Å². The van der Waals surface area contributed by atoms with Crippen LogP contribution in [0.1, 0.15) is 6.92 Å². The van der Waals surface area contributed by atoms with Crippen molar-refractivity contribution in [3.63, 3.8) is 0 Å². The maximum Gasteiger partial charge on any atom is 1.00 e. The molecular weight excluding hydrogens is 63.0 g/mol. The van der Waals surface area contributed by atoms with Gasteiger partial charge in [-0.1, -0.05) is 0 Å². The predicted molar refractivity (Wildman–Crippen MR) is 13.3 cm³/mol. The van der Waals surface area contributed by atoms with Crippen molar-refractivity contribution in [2.45, 2.75) is 6.92 Å². The summed E-state index contributed by atoms with van der Waals surface area (Å²) in [4.78, 5) is 9.00. The normalized spacial score (nSPS) is 5.00. The molecule has 0 aromatic heterocycles. The molecule has 0 fully saturated rings. The van der Waals surface area contributed by atoms with E-state index in [0.717, 1.165) is 6.92 Å². The van der Waals surface area contributed by atoms with Gasteiger partial charge in [-0.15, -0.1) is 0 Å². The number of aliphatic carboxylic acids is 1. The third-order valence-corrected chi connectivity index (χ3v) is 0. The topological polar surface area (TPSA) is 37.3 Å². The van der Waals surface area contributed by atoms with Crippen molar-refractivity contribution < 1.29 is 28.8 Å². The molecular formula is C2H4LiO2+. The van der Waals surface area contributed by atoms with E-state index in [1.54, 1.807) is 0 Å². The molecule has 0 unspecified atom stereocenters. The van der Waals surface area contributed by atoms with Gasteiger partial charge in [0.05, 0.1) is 0 Å². The van der Waals surface area contributed by atoms with Crippen LogP contribution >= 0.6 is 0 Å². The standard InChI is InChI=1S/C2H4O2.Li/c1-2(3)4;/h1H3,(H,3,4);/q;+1. The molecule has 0 aromatic rings. The average molecular weight is 67.0 g/mol. The second kappa shape index (κ2) is 4.07. The van der Waals surface area contributed by atoms with Gasteiger partial charge in [-0.2, -0.15) is 0 Å². The molecule has 0 atom stereocenters. The van der Waals surface area contributed by atoms with E-state index in [4.69, 9.17) is 9.90 Å². The third kappa shape index (κ3) is 3830. The zero-order valence-electron chi connectivity index (χ0n) is 3.36. The van der Waals surface area contributed by atoms with E-state index < -0.39 is 5.97 Å². The summed E-state index contributed by atoms with van der Waals surface area (Å²) < 4.78 is 0. The molecule has 0 radical (unpaired) electrons. The van der Waals surface area contributed by atoms with Gasteiger partial charge in [0, 0.05) is 6.92 Å². The van der Waals surface area contributed by atoms with Crippen molar-refractivity contribution in [1.82, 2.24) is 0 Å². The molecule has 0 saturated heterocycles. The molecule has 5 heavy (non-hydrogen) atoms. The fraction of sp³-hybridized carbons (Fsp3) is 0.500. The van der Waals surface area contributed by atoms with Crippen LogP contribution < -0.4 is 18.9 Å². The summed E-state index contributed by atoms with van der Waals surface area (Å²) in [6.45, 7) is 1.08. The number of rotatable bonds is 0. The molecule has 24 valence electrons. The first-order chi connectivity index (χ1) is 1.73. The van der Waals surface area contributed by atoms with Crippen molar-refractivity contribution in [3.05, 3.63) is 0 Å². The van der Waals surface area contributed by atoms with Gasteiger partial charge in [-0.25, -0.2) is 0 Å². The van der Waals surface area contributed by atoms with Gasteiger partial charge in [0.15, 0.2) is 0 Å². The summed E-state index contributed by atoms with van der Waals surface area (Å²) in [5.41, 5.74) is 0. The Morgan fingerprint density at radius 1 is 1.80 bits per heavy atom. The second-order valence-corrected chi connectivity index (χ2v) is 0.519. The predicted octanol–water partition coefficient (Wildman–Crippen LogP) is -2.91. The van der Waals surface area contributed by atoms with Crippen LogP contribution in [0.15, 0.2) is 0 Å². The van der Waals surface area contributed by atoms with Crippen LogP contribution in [0, 0.1) is 0 Å². The van der Waals surface area contributed by atoms with Gasteiger partial charge in [-0.3, -0.25) is 4.79 Å². The third-order valence-electron chi connectivity index (χ3n) is 0. The second-order valence-electron chi connectivity index (χ2n) is 0.519. The summed E-state index contributed by atoms with van der Waals surface area (Å²) in [5.74, 6) is -0.833. The van der Waals surface area contributed by atoms with Gasteiger partial charge >= 0.3 is 18.9 Å². The first-order valence-corrected chi connectivity index (χ1v) is 0.928. The van der Waals surface area contributed by atoms with E-state index in [0.29, 0.717) is 0 Å². The first kappa shape index (κ1) is 8.91. The quantitative estimate of drug-likeness (QED) is 0.308. The summed E-state index contributed by atoms with van der Waals surface area (Å²) in [6.07, 6.45) is 0. The van der Waals surface area contributed by atoms with Crippen LogP contribution in [0.2, 0.25) is 0 Å². The van der Waals surface area contributed by atoms with Crippen LogP contribution in [0.5, 0.6) is 0 Å². The Labute approximate surface area is 42.4 Å². The molecule has 0 heterocycles. The minimum Gasteiger partial charge on any atom is -0.481 e. The molecule has 0 bridgehead atoms. The summed E-state index contributed by atoms with van der Waals surface area (Å²) >= 11 is 0. The van der Waals surface area contributed by atoms with Crippen molar-refractivity contribution in [1.29, 1.82) is 0 Å². The molecule has 3 heteroatoms. The van der Waals surface area contributed by atoms with E-state index in [1.807, 2.05) is 0 Å². The first-order valence-electron chi connectivity index (χ1n) is 0.928. The van der Waals surface area contributed by atoms with Crippen molar-refractivity contribution >= 4 is 5.97 Å². The molecule has 2 nitrogen and oxygen atoms in total. The average Bonchev–Trinajstić information content (AvgIpc) is 0.811. The molecule has 1 N–H and O–H groups in total. The zero-order valence-corrected chi connectivity index (χ0v) is 3.36. The van der Waals surface area contributed by atoms with Crippen LogP contribution in [-0.2, 0) is 4.79 Å². The Morgan fingerprint density at radius 3 is 1.80 bits per heavy atom. The molecule has 0 saturated carbocycles. The largest absolute Gasteiger partial charge is 1.00 e. The Hall–Kier alpha value is 0.0674. The number of carbonyl (C=O) groups is 1. The molecule has 0 aliphatic rings. The minimum atomic E-state index is -0.833.